The molecule has 2 aliphatic rings. The minimum atomic E-state index is -0.283. The standard InChI is InChI=1S/C27H34ClN5O4/c1-18(2)32(13-4-14-34)27(36)23-24(30-17-35)31-25(33(23)15-19-8-10-21(28)11-9-19)22-5-3-12-29-26(22)37-16-20-6-7-20/h3,5,8-11,17-18,20,29,34H,4,6-7,12-16H2,1-2H3,(H,30,35). The fourth-order valence-corrected chi connectivity index (χ4v) is 4.35. The van der Waals surface area contributed by atoms with Crippen molar-refractivity contribution < 1.29 is 19.4 Å². The van der Waals surface area contributed by atoms with Gasteiger partial charge in [0.05, 0.1) is 12.2 Å². The number of carbonyl (C=O) groups excluding carboxylic acids is 2. The lowest BCUT2D eigenvalue weighted by Crippen LogP contribution is -2.39. The summed E-state index contributed by atoms with van der Waals surface area (Å²) in [4.78, 5) is 32.0. The molecule has 1 saturated carbocycles. The number of dihydropyridines is 1. The molecule has 198 valence electrons. The molecule has 0 unspecified atom stereocenters. The van der Waals surface area contributed by atoms with Crippen LogP contribution in [0, 0.1) is 5.92 Å². The first-order chi connectivity index (χ1) is 17.9. The number of aliphatic hydroxyl groups excluding tert-OH is 1. The number of rotatable bonds is 13. The number of halogens is 1. The van der Waals surface area contributed by atoms with Gasteiger partial charge in [0, 0.05) is 37.3 Å². The van der Waals surface area contributed by atoms with Crippen LogP contribution in [0.15, 0.2) is 42.3 Å². The van der Waals surface area contributed by atoms with Gasteiger partial charge in [-0.3, -0.25) is 9.59 Å². The third-order valence-electron chi connectivity index (χ3n) is 6.37. The maximum atomic E-state index is 14.0. The fraction of sp³-hybridized carbons (Fsp3) is 0.444. The summed E-state index contributed by atoms with van der Waals surface area (Å²) in [5.41, 5.74) is 1.88. The summed E-state index contributed by atoms with van der Waals surface area (Å²) in [6.07, 6.45) is 7.19. The number of ether oxygens (including phenoxy) is 1. The molecule has 1 aliphatic carbocycles. The van der Waals surface area contributed by atoms with Crippen LogP contribution in [-0.2, 0) is 16.1 Å². The van der Waals surface area contributed by atoms with Crippen LogP contribution in [0.5, 0.6) is 0 Å². The third-order valence-corrected chi connectivity index (χ3v) is 6.62. The lowest BCUT2D eigenvalue weighted by atomic mass is 10.1. The number of aliphatic hydroxyl groups is 1. The second-order valence-electron chi connectivity index (χ2n) is 9.56. The van der Waals surface area contributed by atoms with Crippen LogP contribution in [0.3, 0.4) is 0 Å². The van der Waals surface area contributed by atoms with E-state index in [1.165, 1.54) is 0 Å². The molecule has 37 heavy (non-hydrogen) atoms. The van der Waals surface area contributed by atoms with Crippen molar-refractivity contribution in [2.75, 3.05) is 31.6 Å². The number of hydrogen-bond acceptors (Lipinski definition) is 6. The first kappa shape index (κ1) is 26.8. The molecule has 10 heteroatoms. The van der Waals surface area contributed by atoms with Crippen molar-refractivity contribution in [1.82, 2.24) is 19.8 Å². The van der Waals surface area contributed by atoms with Crippen molar-refractivity contribution in [2.45, 2.75) is 45.7 Å². The van der Waals surface area contributed by atoms with Gasteiger partial charge in [0.1, 0.15) is 5.82 Å². The van der Waals surface area contributed by atoms with Crippen LogP contribution in [0.2, 0.25) is 5.02 Å². The summed E-state index contributed by atoms with van der Waals surface area (Å²) in [6.45, 7) is 5.73. The lowest BCUT2D eigenvalue weighted by Gasteiger charge is -2.27. The second kappa shape index (κ2) is 12.3. The minimum Gasteiger partial charge on any atom is -0.478 e. The Morgan fingerprint density at radius 2 is 2.11 bits per heavy atom. The Balaban J connectivity index is 1.85. The number of nitrogens with zero attached hydrogens (tertiary/aromatic N) is 3. The van der Waals surface area contributed by atoms with Crippen molar-refractivity contribution in [3.63, 3.8) is 0 Å². The van der Waals surface area contributed by atoms with Crippen LogP contribution >= 0.6 is 11.6 Å². The molecule has 2 aromatic rings. The number of amides is 2. The molecule has 9 nitrogen and oxygen atoms in total. The van der Waals surface area contributed by atoms with E-state index in [2.05, 4.69) is 10.6 Å². The second-order valence-corrected chi connectivity index (χ2v) is 9.99. The molecule has 1 aliphatic heterocycles. The normalized spacial score (nSPS) is 15.1. The third kappa shape index (κ3) is 6.53. The van der Waals surface area contributed by atoms with E-state index in [1.807, 2.05) is 42.7 Å². The summed E-state index contributed by atoms with van der Waals surface area (Å²) in [5.74, 6) is 1.56. The fourth-order valence-electron chi connectivity index (χ4n) is 4.22. The maximum Gasteiger partial charge on any atom is 0.274 e. The Labute approximate surface area is 222 Å². The number of carbonyl (C=O) groups is 2. The van der Waals surface area contributed by atoms with Crippen molar-refractivity contribution in [3.8, 4) is 0 Å². The molecule has 0 bridgehead atoms. The zero-order valence-electron chi connectivity index (χ0n) is 21.2. The summed E-state index contributed by atoms with van der Waals surface area (Å²) < 4.78 is 7.95. The van der Waals surface area contributed by atoms with Gasteiger partial charge in [-0.05, 0) is 62.8 Å². The van der Waals surface area contributed by atoms with Crippen molar-refractivity contribution >= 4 is 35.3 Å². The van der Waals surface area contributed by atoms with E-state index < -0.39 is 0 Å². The molecule has 1 fully saturated rings. The molecule has 2 amide bonds. The molecule has 0 saturated heterocycles. The van der Waals surface area contributed by atoms with Gasteiger partial charge in [-0.2, -0.15) is 0 Å². The topological polar surface area (TPSA) is 109 Å². The Morgan fingerprint density at radius 3 is 2.76 bits per heavy atom. The molecular formula is C27H34ClN5O4. The van der Waals surface area contributed by atoms with Gasteiger partial charge >= 0.3 is 0 Å². The Kier molecular flexibility index (Phi) is 8.89. The lowest BCUT2D eigenvalue weighted by molar-refractivity contribution is -0.105. The number of nitrogens with one attached hydrogen (secondary N) is 2. The summed E-state index contributed by atoms with van der Waals surface area (Å²) in [7, 11) is 0. The molecule has 0 atom stereocenters. The monoisotopic (exact) mass is 527 g/mol. The van der Waals surface area contributed by atoms with Crippen molar-refractivity contribution in [3.05, 3.63) is 64.4 Å². The largest absolute Gasteiger partial charge is 0.478 e. The molecule has 1 aromatic heterocycles. The SMILES string of the molecule is CC(C)N(CCCO)C(=O)c1c(NC=O)nc(C2=C(OCC3CC3)NCC=C2)n1Cc1ccc(Cl)cc1. The Bertz CT molecular complexity index is 1170. The van der Waals surface area contributed by atoms with E-state index >= 15 is 0 Å². The van der Waals surface area contributed by atoms with Crippen molar-refractivity contribution in [2.24, 2.45) is 5.92 Å². The quantitative estimate of drug-likeness (QED) is 0.343. The summed E-state index contributed by atoms with van der Waals surface area (Å²) in [5, 5.41) is 15.9. The molecular weight excluding hydrogens is 494 g/mol. The van der Waals surface area contributed by atoms with E-state index in [1.54, 1.807) is 17.0 Å². The smallest absolute Gasteiger partial charge is 0.274 e. The zero-order valence-corrected chi connectivity index (χ0v) is 22.0. The van der Waals surface area contributed by atoms with Gasteiger partial charge in [0.15, 0.2) is 17.4 Å². The van der Waals surface area contributed by atoms with Crippen molar-refractivity contribution in [1.29, 1.82) is 0 Å². The average Bonchev–Trinajstić information content (AvgIpc) is 3.65. The number of imidazole rings is 1. The predicted octanol–water partition coefficient (Wildman–Crippen LogP) is 3.64. The first-order valence-electron chi connectivity index (χ1n) is 12.7. The molecule has 0 spiro atoms. The molecule has 0 radical (unpaired) electrons. The van der Waals surface area contributed by atoms with Crippen LogP contribution in [0.1, 0.15) is 55.0 Å². The zero-order chi connectivity index (χ0) is 26.4. The Morgan fingerprint density at radius 1 is 1.35 bits per heavy atom. The number of aromatic nitrogens is 2. The average molecular weight is 528 g/mol. The predicted molar refractivity (Wildman–Crippen MR) is 143 cm³/mol. The maximum absolute atomic E-state index is 14.0. The van der Waals surface area contributed by atoms with Crippen LogP contribution in [0.4, 0.5) is 5.82 Å². The van der Waals surface area contributed by atoms with Gasteiger partial charge in [-0.1, -0.05) is 29.8 Å². The van der Waals surface area contributed by atoms with E-state index in [9.17, 15) is 14.7 Å². The van der Waals surface area contributed by atoms with Crippen LogP contribution < -0.4 is 10.6 Å². The molecule has 1 aromatic carbocycles. The highest BCUT2D eigenvalue weighted by Gasteiger charge is 2.31. The molecule has 4 rings (SSSR count). The van der Waals surface area contributed by atoms with Gasteiger partial charge in [0.25, 0.3) is 5.91 Å². The number of hydrogen-bond donors (Lipinski definition) is 3. The van der Waals surface area contributed by atoms with Gasteiger partial charge < -0.3 is 29.9 Å². The van der Waals surface area contributed by atoms with E-state index in [0.717, 1.165) is 18.4 Å². The van der Waals surface area contributed by atoms with Gasteiger partial charge in [-0.25, -0.2) is 4.98 Å². The Hall–Kier alpha value is -3.30. The van der Waals surface area contributed by atoms with Gasteiger partial charge in [-0.15, -0.1) is 0 Å². The first-order valence-corrected chi connectivity index (χ1v) is 13.1. The van der Waals surface area contributed by atoms with E-state index in [4.69, 9.17) is 21.3 Å². The molecule has 2 heterocycles. The van der Waals surface area contributed by atoms with E-state index in [-0.39, 0.29) is 30.1 Å². The minimum absolute atomic E-state index is 0.0315. The van der Waals surface area contributed by atoms with Crippen LogP contribution in [-0.4, -0.2) is 64.2 Å². The highest BCUT2D eigenvalue weighted by molar-refractivity contribution is 6.30. The molecule has 3 N–H and O–H groups in total. The highest BCUT2D eigenvalue weighted by atomic mass is 35.5. The van der Waals surface area contributed by atoms with Crippen LogP contribution in [0.25, 0.3) is 5.57 Å². The van der Waals surface area contributed by atoms with Gasteiger partial charge in [0.2, 0.25) is 6.41 Å². The number of allylic oxidation sites excluding steroid dienone is 2. The van der Waals surface area contributed by atoms with E-state index in [0.29, 0.717) is 67.3 Å². The number of anilines is 1. The summed E-state index contributed by atoms with van der Waals surface area (Å²) in [6, 6.07) is 7.26. The highest BCUT2D eigenvalue weighted by Crippen LogP contribution is 2.32. The number of benzene rings is 1. The summed E-state index contributed by atoms with van der Waals surface area (Å²) >= 11 is 6.11.